The van der Waals surface area contributed by atoms with Gasteiger partial charge in [0.2, 0.25) is 5.91 Å². The molecule has 2 aromatic rings. The van der Waals surface area contributed by atoms with E-state index in [-0.39, 0.29) is 31.4 Å². The van der Waals surface area contributed by atoms with Crippen LogP contribution in [0.2, 0.25) is 10.0 Å². The van der Waals surface area contributed by atoms with Gasteiger partial charge in [0.15, 0.2) is 6.61 Å². The number of nitrogens with one attached hydrogen (secondary N) is 2. The van der Waals surface area contributed by atoms with E-state index in [1.165, 1.54) is 6.07 Å². The van der Waals surface area contributed by atoms with Crippen LogP contribution in [0, 0.1) is 0 Å². The van der Waals surface area contributed by atoms with Crippen LogP contribution < -0.4 is 15.4 Å². The fraction of sp³-hybridized carbons (Fsp3) is 0.222. The maximum absolute atomic E-state index is 11.7. The lowest BCUT2D eigenvalue weighted by atomic mass is 10.2. The molecule has 25 heavy (non-hydrogen) atoms. The third-order valence-electron chi connectivity index (χ3n) is 3.27. The highest BCUT2D eigenvalue weighted by atomic mass is 35.5. The molecule has 0 saturated heterocycles. The van der Waals surface area contributed by atoms with Gasteiger partial charge in [-0.3, -0.25) is 9.59 Å². The van der Waals surface area contributed by atoms with Gasteiger partial charge in [-0.15, -0.1) is 0 Å². The number of amides is 2. The molecule has 7 heteroatoms. The molecular formula is C18H18Cl2N2O3. The lowest BCUT2D eigenvalue weighted by molar-refractivity contribution is -0.123. The Morgan fingerprint density at radius 1 is 0.920 bits per heavy atom. The van der Waals surface area contributed by atoms with Crippen LogP contribution in [0.15, 0.2) is 48.5 Å². The second kappa shape index (κ2) is 9.91. The highest BCUT2D eigenvalue weighted by Gasteiger charge is 2.06. The second-order valence-electron chi connectivity index (χ2n) is 5.23. The SMILES string of the molecule is O=C(CCNC(=O)COc1ccc(Cl)c(Cl)c1)NCc1ccccc1. The van der Waals surface area contributed by atoms with Crippen molar-refractivity contribution in [2.75, 3.05) is 13.2 Å². The quantitative estimate of drug-likeness (QED) is 0.738. The zero-order valence-corrected chi connectivity index (χ0v) is 14.9. The van der Waals surface area contributed by atoms with Crippen molar-refractivity contribution < 1.29 is 14.3 Å². The van der Waals surface area contributed by atoms with E-state index in [1.807, 2.05) is 30.3 Å². The Bertz CT molecular complexity index is 724. The van der Waals surface area contributed by atoms with Crippen molar-refractivity contribution in [1.82, 2.24) is 10.6 Å². The molecule has 0 aliphatic rings. The first-order valence-electron chi connectivity index (χ1n) is 7.70. The average Bonchev–Trinajstić information content (AvgIpc) is 2.62. The molecule has 0 fully saturated rings. The summed E-state index contributed by atoms with van der Waals surface area (Å²) in [5.41, 5.74) is 1.02. The van der Waals surface area contributed by atoms with E-state index in [0.717, 1.165) is 5.56 Å². The summed E-state index contributed by atoms with van der Waals surface area (Å²) in [7, 11) is 0. The van der Waals surface area contributed by atoms with Gasteiger partial charge < -0.3 is 15.4 Å². The van der Waals surface area contributed by atoms with Crippen LogP contribution >= 0.6 is 23.2 Å². The van der Waals surface area contributed by atoms with E-state index >= 15 is 0 Å². The minimum atomic E-state index is -0.318. The summed E-state index contributed by atoms with van der Waals surface area (Å²) in [5, 5.41) is 6.19. The van der Waals surface area contributed by atoms with Gasteiger partial charge in [-0.05, 0) is 17.7 Å². The van der Waals surface area contributed by atoms with Gasteiger partial charge in [-0.1, -0.05) is 53.5 Å². The predicted molar refractivity (Wildman–Crippen MR) is 97.9 cm³/mol. The minimum absolute atomic E-state index is 0.130. The van der Waals surface area contributed by atoms with E-state index in [1.54, 1.807) is 12.1 Å². The summed E-state index contributed by atoms with van der Waals surface area (Å²) >= 11 is 11.7. The van der Waals surface area contributed by atoms with Crippen LogP contribution in [0.5, 0.6) is 5.75 Å². The summed E-state index contributed by atoms with van der Waals surface area (Å²) in [4.78, 5) is 23.4. The van der Waals surface area contributed by atoms with Gasteiger partial charge in [0, 0.05) is 25.6 Å². The molecule has 0 bridgehead atoms. The normalized spacial score (nSPS) is 10.2. The molecule has 5 nitrogen and oxygen atoms in total. The van der Waals surface area contributed by atoms with Crippen LogP contribution in [0.25, 0.3) is 0 Å². The third-order valence-corrected chi connectivity index (χ3v) is 4.01. The largest absolute Gasteiger partial charge is 0.484 e. The number of rotatable bonds is 8. The highest BCUT2D eigenvalue weighted by Crippen LogP contribution is 2.26. The molecule has 0 aromatic heterocycles. The predicted octanol–water partition coefficient (Wildman–Crippen LogP) is 3.19. The van der Waals surface area contributed by atoms with Crippen LogP contribution in [-0.2, 0) is 16.1 Å². The lowest BCUT2D eigenvalue weighted by Crippen LogP contribution is -2.33. The number of ether oxygens (including phenoxy) is 1. The second-order valence-corrected chi connectivity index (χ2v) is 6.04. The monoisotopic (exact) mass is 380 g/mol. The number of hydrogen-bond acceptors (Lipinski definition) is 3. The van der Waals surface area contributed by atoms with Crippen LogP contribution in [0.4, 0.5) is 0 Å². The Balaban J connectivity index is 1.61. The molecular weight excluding hydrogens is 363 g/mol. The first kappa shape index (κ1) is 19.1. The van der Waals surface area contributed by atoms with Crippen molar-refractivity contribution in [1.29, 1.82) is 0 Å². The summed E-state index contributed by atoms with van der Waals surface area (Å²) in [6.07, 6.45) is 0.200. The summed E-state index contributed by atoms with van der Waals surface area (Å²) in [6.45, 7) is 0.543. The molecule has 0 saturated carbocycles. The fourth-order valence-electron chi connectivity index (χ4n) is 1.97. The minimum Gasteiger partial charge on any atom is -0.484 e. The molecule has 0 unspecified atom stereocenters. The van der Waals surface area contributed by atoms with Gasteiger partial charge in [0.1, 0.15) is 5.75 Å². The standard InChI is InChI=1S/C18H18Cl2N2O3/c19-15-7-6-14(10-16(15)20)25-12-18(24)21-9-8-17(23)22-11-13-4-2-1-3-5-13/h1-7,10H,8-9,11-12H2,(H,21,24)(H,22,23). The Kier molecular flexibility index (Phi) is 7.57. The molecule has 2 amide bonds. The maximum Gasteiger partial charge on any atom is 0.257 e. The van der Waals surface area contributed by atoms with Crippen LogP contribution in [0.3, 0.4) is 0 Å². The van der Waals surface area contributed by atoms with Crippen molar-refractivity contribution in [2.45, 2.75) is 13.0 Å². The van der Waals surface area contributed by atoms with Crippen LogP contribution in [-0.4, -0.2) is 25.0 Å². The van der Waals surface area contributed by atoms with Gasteiger partial charge in [-0.2, -0.15) is 0 Å². The third kappa shape index (κ3) is 7.03. The van der Waals surface area contributed by atoms with E-state index in [2.05, 4.69) is 10.6 Å². The summed E-state index contributed by atoms with van der Waals surface area (Å²) in [6, 6.07) is 14.4. The van der Waals surface area contributed by atoms with E-state index in [4.69, 9.17) is 27.9 Å². The van der Waals surface area contributed by atoms with Crippen molar-refractivity contribution in [3.8, 4) is 5.75 Å². The zero-order chi connectivity index (χ0) is 18.1. The fourth-order valence-corrected chi connectivity index (χ4v) is 2.25. The van der Waals surface area contributed by atoms with Crippen LogP contribution in [0.1, 0.15) is 12.0 Å². The number of hydrogen-bond donors (Lipinski definition) is 2. The van der Waals surface area contributed by atoms with Crippen molar-refractivity contribution in [2.24, 2.45) is 0 Å². The van der Waals surface area contributed by atoms with E-state index in [0.29, 0.717) is 22.3 Å². The molecule has 132 valence electrons. The Labute approximate surface area is 156 Å². The molecule has 0 radical (unpaired) electrons. The smallest absolute Gasteiger partial charge is 0.257 e. The van der Waals surface area contributed by atoms with E-state index in [9.17, 15) is 9.59 Å². The van der Waals surface area contributed by atoms with Gasteiger partial charge in [0.05, 0.1) is 10.0 Å². The molecule has 2 N–H and O–H groups in total. The molecule has 0 aliphatic carbocycles. The number of halogens is 2. The van der Waals surface area contributed by atoms with Crippen molar-refractivity contribution in [3.63, 3.8) is 0 Å². The lowest BCUT2D eigenvalue weighted by Gasteiger charge is -2.09. The summed E-state index contributed by atoms with van der Waals surface area (Å²) in [5.74, 6) is 0.00152. The van der Waals surface area contributed by atoms with E-state index < -0.39 is 0 Å². The number of carbonyl (C=O) groups excluding carboxylic acids is 2. The first-order valence-corrected chi connectivity index (χ1v) is 8.45. The zero-order valence-electron chi connectivity index (χ0n) is 13.4. The highest BCUT2D eigenvalue weighted by molar-refractivity contribution is 6.42. The average molecular weight is 381 g/mol. The van der Waals surface area contributed by atoms with Gasteiger partial charge in [0.25, 0.3) is 5.91 Å². The molecule has 2 rings (SSSR count). The number of benzene rings is 2. The van der Waals surface area contributed by atoms with Crippen molar-refractivity contribution in [3.05, 3.63) is 64.1 Å². The Hall–Kier alpha value is -2.24. The topological polar surface area (TPSA) is 67.4 Å². The summed E-state index contributed by atoms with van der Waals surface area (Å²) < 4.78 is 5.31. The first-order chi connectivity index (χ1) is 12.0. The Morgan fingerprint density at radius 2 is 1.68 bits per heavy atom. The maximum atomic E-state index is 11.7. The molecule has 0 aliphatic heterocycles. The molecule has 0 heterocycles. The number of carbonyl (C=O) groups is 2. The molecule has 0 atom stereocenters. The molecule has 0 spiro atoms. The molecule has 2 aromatic carbocycles. The van der Waals surface area contributed by atoms with Crippen molar-refractivity contribution >= 4 is 35.0 Å². The van der Waals surface area contributed by atoms with Gasteiger partial charge in [-0.25, -0.2) is 0 Å². The Morgan fingerprint density at radius 3 is 2.40 bits per heavy atom. The van der Waals surface area contributed by atoms with Gasteiger partial charge >= 0.3 is 0 Å².